The smallest absolute Gasteiger partial charge is 0.320 e. The van der Waals surface area contributed by atoms with Crippen LogP contribution in [0.1, 0.15) is 12.6 Å². The highest BCUT2D eigenvalue weighted by Crippen LogP contribution is 2.21. The molecule has 0 saturated heterocycles. The van der Waals surface area contributed by atoms with Crippen LogP contribution in [0, 0.1) is 0 Å². The summed E-state index contributed by atoms with van der Waals surface area (Å²) in [6.07, 6.45) is -3.10. The van der Waals surface area contributed by atoms with Crippen LogP contribution >= 0.6 is 0 Å². The second-order valence-corrected chi connectivity index (χ2v) is 2.99. The molecule has 0 saturated carbocycles. The number of nitrogens with zero attached hydrogens (tertiary/aromatic N) is 2. The van der Waals surface area contributed by atoms with Crippen molar-refractivity contribution in [2.24, 2.45) is 5.73 Å². The molecular formula is C8H12F3N3. The number of aryl methyl sites for hydroxylation is 1. The van der Waals surface area contributed by atoms with Crippen LogP contribution in [-0.2, 0) is 13.0 Å². The minimum absolute atomic E-state index is 0.225. The van der Waals surface area contributed by atoms with Crippen molar-refractivity contribution in [3.63, 3.8) is 0 Å². The van der Waals surface area contributed by atoms with Gasteiger partial charge < -0.3 is 5.73 Å². The molecule has 0 aromatic carbocycles. The number of rotatable bonds is 3. The van der Waals surface area contributed by atoms with E-state index in [1.807, 2.05) is 6.92 Å². The van der Waals surface area contributed by atoms with E-state index in [0.29, 0.717) is 12.2 Å². The van der Waals surface area contributed by atoms with Crippen molar-refractivity contribution in [2.75, 3.05) is 0 Å². The molecule has 0 aliphatic rings. The quantitative estimate of drug-likeness (QED) is 0.812. The highest BCUT2D eigenvalue weighted by atomic mass is 19.4. The molecule has 0 amide bonds. The van der Waals surface area contributed by atoms with E-state index in [4.69, 9.17) is 5.73 Å². The molecule has 1 aromatic rings. The van der Waals surface area contributed by atoms with E-state index >= 15 is 0 Å². The van der Waals surface area contributed by atoms with Crippen LogP contribution in [0.5, 0.6) is 0 Å². The number of aromatic nitrogens is 2. The van der Waals surface area contributed by atoms with Crippen molar-refractivity contribution in [1.82, 2.24) is 9.78 Å². The third-order valence-corrected chi connectivity index (χ3v) is 1.95. The molecule has 1 unspecified atom stereocenters. The Labute approximate surface area is 79.7 Å². The van der Waals surface area contributed by atoms with Gasteiger partial charge in [-0.2, -0.15) is 18.3 Å². The fraction of sp³-hybridized carbons (Fsp3) is 0.625. The molecule has 0 aliphatic heterocycles. The van der Waals surface area contributed by atoms with Gasteiger partial charge in [0.25, 0.3) is 0 Å². The number of halogens is 3. The van der Waals surface area contributed by atoms with E-state index in [1.54, 1.807) is 6.07 Å². The first kappa shape index (κ1) is 11.0. The fourth-order valence-electron chi connectivity index (χ4n) is 1.16. The summed E-state index contributed by atoms with van der Waals surface area (Å²) in [5.41, 5.74) is 5.51. The summed E-state index contributed by atoms with van der Waals surface area (Å²) < 4.78 is 37.9. The van der Waals surface area contributed by atoms with E-state index in [9.17, 15) is 13.2 Å². The largest absolute Gasteiger partial charge is 0.404 e. The lowest BCUT2D eigenvalue weighted by Gasteiger charge is -2.15. The summed E-state index contributed by atoms with van der Waals surface area (Å²) in [5, 5.41) is 3.86. The summed E-state index contributed by atoms with van der Waals surface area (Å²) >= 11 is 0. The molecule has 1 rings (SSSR count). The summed E-state index contributed by atoms with van der Waals surface area (Å²) in [6.45, 7) is 2.36. The van der Waals surface area contributed by atoms with Gasteiger partial charge in [0.05, 0.1) is 0 Å². The Hall–Kier alpha value is -1.04. The zero-order valence-electron chi connectivity index (χ0n) is 7.75. The predicted molar refractivity (Wildman–Crippen MR) is 45.6 cm³/mol. The first-order valence-corrected chi connectivity index (χ1v) is 4.28. The molecule has 14 heavy (non-hydrogen) atoms. The monoisotopic (exact) mass is 207 g/mol. The second kappa shape index (κ2) is 4.00. The van der Waals surface area contributed by atoms with Crippen LogP contribution in [0.2, 0.25) is 0 Å². The number of hydrogen-bond donors (Lipinski definition) is 1. The summed E-state index contributed by atoms with van der Waals surface area (Å²) in [5.74, 6) is 0. The normalized spacial score (nSPS) is 14.4. The van der Waals surface area contributed by atoms with Crippen molar-refractivity contribution in [3.05, 3.63) is 18.0 Å². The van der Waals surface area contributed by atoms with Crippen LogP contribution in [0.3, 0.4) is 0 Å². The zero-order valence-corrected chi connectivity index (χ0v) is 7.75. The van der Waals surface area contributed by atoms with Crippen molar-refractivity contribution >= 4 is 0 Å². The highest BCUT2D eigenvalue weighted by molar-refractivity contribution is 5.03. The van der Waals surface area contributed by atoms with Gasteiger partial charge in [0, 0.05) is 24.9 Å². The zero-order chi connectivity index (χ0) is 10.8. The molecule has 6 heteroatoms. The van der Waals surface area contributed by atoms with Crippen LogP contribution in [0.4, 0.5) is 13.2 Å². The van der Waals surface area contributed by atoms with Gasteiger partial charge in [-0.1, -0.05) is 0 Å². The topological polar surface area (TPSA) is 43.8 Å². The molecule has 0 bridgehead atoms. The molecule has 1 aromatic heterocycles. The lowest BCUT2D eigenvalue weighted by molar-refractivity contribution is -0.147. The fourth-order valence-corrected chi connectivity index (χ4v) is 1.16. The first-order valence-electron chi connectivity index (χ1n) is 4.28. The lowest BCUT2D eigenvalue weighted by atomic mass is 10.1. The predicted octanol–water partition coefficient (Wildman–Crippen LogP) is 1.34. The van der Waals surface area contributed by atoms with Crippen molar-refractivity contribution in [3.8, 4) is 0 Å². The first-order chi connectivity index (χ1) is 6.45. The maximum Gasteiger partial charge on any atom is 0.404 e. The Morgan fingerprint density at radius 1 is 1.57 bits per heavy atom. The van der Waals surface area contributed by atoms with Crippen LogP contribution in [0.25, 0.3) is 0 Å². The van der Waals surface area contributed by atoms with Gasteiger partial charge in [-0.05, 0) is 13.0 Å². The van der Waals surface area contributed by atoms with Gasteiger partial charge in [0.1, 0.15) is 6.04 Å². The Bertz CT molecular complexity index is 292. The molecule has 0 fully saturated rings. The molecule has 80 valence electrons. The maximum atomic E-state index is 12.1. The molecular weight excluding hydrogens is 195 g/mol. The SMILES string of the molecule is CCn1nccc1CC(N)C(F)(F)F. The number of nitrogens with two attached hydrogens (primary N) is 1. The second-order valence-electron chi connectivity index (χ2n) is 2.99. The Kier molecular flexibility index (Phi) is 3.15. The highest BCUT2D eigenvalue weighted by Gasteiger charge is 2.36. The standard InChI is InChI=1S/C8H12F3N3/c1-2-14-6(3-4-13-14)5-7(12)8(9,10)11/h3-4,7H,2,5,12H2,1H3. The third kappa shape index (κ3) is 2.47. The molecule has 1 atom stereocenters. The Balaban J connectivity index is 2.69. The number of alkyl halides is 3. The van der Waals surface area contributed by atoms with Gasteiger partial charge in [-0.25, -0.2) is 0 Å². The van der Waals surface area contributed by atoms with Gasteiger partial charge in [-0.15, -0.1) is 0 Å². The van der Waals surface area contributed by atoms with E-state index < -0.39 is 12.2 Å². The van der Waals surface area contributed by atoms with Crippen LogP contribution in [0.15, 0.2) is 12.3 Å². The van der Waals surface area contributed by atoms with Crippen molar-refractivity contribution < 1.29 is 13.2 Å². The van der Waals surface area contributed by atoms with Gasteiger partial charge in [0.15, 0.2) is 0 Å². The maximum absolute atomic E-state index is 12.1. The van der Waals surface area contributed by atoms with Gasteiger partial charge >= 0.3 is 6.18 Å². The van der Waals surface area contributed by atoms with Crippen LogP contribution < -0.4 is 5.73 Å². The minimum atomic E-state index is -4.34. The molecule has 0 radical (unpaired) electrons. The van der Waals surface area contributed by atoms with E-state index in [1.165, 1.54) is 10.9 Å². The van der Waals surface area contributed by atoms with Crippen LogP contribution in [-0.4, -0.2) is 22.0 Å². The lowest BCUT2D eigenvalue weighted by Crippen LogP contribution is -2.39. The average molecular weight is 207 g/mol. The average Bonchev–Trinajstić information content (AvgIpc) is 2.50. The van der Waals surface area contributed by atoms with Gasteiger partial charge in [-0.3, -0.25) is 4.68 Å². The number of hydrogen-bond acceptors (Lipinski definition) is 2. The molecule has 0 spiro atoms. The van der Waals surface area contributed by atoms with Crippen molar-refractivity contribution in [2.45, 2.75) is 32.1 Å². The van der Waals surface area contributed by atoms with Gasteiger partial charge in [0.2, 0.25) is 0 Å². The molecule has 1 heterocycles. The Morgan fingerprint density at radius 2 is 2.21 bits per heavy atom. The summed E-state index contributed by atoms with van der Waals surface area (Å²) in [4.78, 5) is 0. The summed E-state index contributed by atoms with van der Waals surface area (Å²) in [7, 11) is 0. The van der Waals surface area contributed by atoms with E-state index in [-0.39, 0.29) is 6.42 Å². The summed E-state index contributed by atoms with van der Waals surface area (Å²) in [6, 6.07) is -0.265. The van der Waals surface area contributed by atoms with E-state index in [2.05, 4.69) is 5.10 Å². The third-order valence-electron chi connectivity index (χ3n) is 1.95. The molecule has 2 N–H and O–H groups in total. The molecule has 0 aliphatic carbocycles. The van der Waals surface area contributed by atoms with Crippen molar-refractivity contribution in [1.29, 1.82) is 0 Å². The molecule has 3 nitrogen and oxygen atoms in total. The Morgan fingerprint density at radius 3 is 2.71 bits per heavy atom. The minimum Gasteiger partial charge on any atom is -0.320 e. The van der Waals surface area contributed by atoms with E-state index in [0.717, 1.165) is 0 Å².